The van der Waals surface area contributed by atoms with E-state index in [1.54, 1.807) is 0 Å². The van der Waals surface area contributed by atoms with E-state index in [2.05, 4.69) is 9.97 Å². The summed E-state index contributed by atoms with van der Waals surface area (Å²) in [6.45, 7) is 1.24. The van der Waals surface area contributed by atoms with E-state index in [4.69, 9.17) is 4.89 Å². The molecule has 1 rings (SSSR count). The highest BCUT2D eigenvalue weighted by Gasteiger charge is 2.14. The highest BCUT2D eigenvalue weighted by atomic mass is 31.2. The molecule has 50 valence electrons. The molecule has 0 spiro atoms. The van der Waals surface area contributed by atoms with Crippen LogP contribution >= 0.6 is 7.37 Å². The fourth-order valence-electron chi connectivity index (χ4n) is 0.484. The lowest BCUT2D eigenvalue weighted by Gasteiger charge is -1.96. The Bertz CT molecular complexity index is 225. The summed E-state index contributed by atoms with van der Waals surface area (Å²) in [5, 5.41) is 0. The van der Waals surface area contributed by atoms with Gasteiger partial charge in [-0.3, -0.25) is 4.57 Å². The molecule has 4 nitrogen and oxygen atoms in total. The number of hydrogen-bond donors (Lipinski definition) is 2. The molecule has 0 radical (unpaired) electrons. The van der Waals surface area contributed by atoms with Gasteiger partial charge >= 0.3 is 0 Å². The van der Waals surface area contributed by atoms with Crippen molar-refractivity contribution in [2.45, 2.75) is 0 Å². The predicted molar refractivity (Wildman–Crippen MR) is 34.0 cm³/mol. The molecule has 1 aromatic rings. The number of H-pyrrole nitrogens is 1. The lowest BCUT2D eigenvalue weighted by Crippen LogP contribution is -2.06. The third kappa shape index (κ3) is 1.40. The minimum atomic E-state index is -3.14. The summed E-state index contributed by atoms with van der Waals surface area (Å²) in [6.07, 6.45) is 2.96. The predicted octanol–water partition coefficient (Wildman–Crippen LogP) is -0.0648. The van der Waals surface area contributed by atoms with Gasteiger partial charge in [-0.1, -0.05) is 0 Å². The Labute approximate surface area is 52.4 Å². The molecule has 1 unspecified atom stereocenters. The molecule has 0 aromatic carbocycles. The summed E-state index contributed by atoms with van der Waals surface area (Å²) in [6, 6.07) is 0. The van der Waals surface area contributed by atoms with E-state index < -0.39 is 7.37 Å². The van der Waals surface area contributed by atoms with Crippen LogP contribution in [0.2, 0.25) is 0 Å². The molecule has 0 amide bonds. The van der Waals surface area contributed by atoms with Crippen molar-refractivity contribution in [2.75, 3.05) is 6.66 Å². The Hall–Kier alpha value is -0.600. The van der Waals surface area contributed by atoms with Gasteiger partial charge in [0.15, 0.2) is 5.57 Å². The van der Waals surface area contributed by atoms with Crippen LogP contribution in [0.5, 0.6) is 0 Å². The molecular weight excluding hydrogens is 139 g/mol. The molecule has 5 heteroatoms. The maximum absolute atomic E-state index is 10.7. The minimum absolute atomic E-state index is 0.155. The van der Waals surface area contributed by atoms with Gasteiger partial charge in [-0.15, -0.1) is 0 Å². The van der Waals surface area contributed by atoms with Gasteiger partial charge in [0.05, 0.1) is 0 Å². The van der Waals surface area contributed by atoms with Gasteiger partial charge in [0.1, 0.15) is 0 Å². The first-order valence-electron chi connectivity index (χ1n) is 2.41. The molecular formula is C4H7N2O2P. The van der Waals surface area contributed by atoms with Gasteiger partial charge in [0.2, 0.25) is 0 Å². The zero-order chi connectivity index (χ0) is 6.91. The summed E-state index contributed by atoms with van der Waals surface area (Å²) >= 11 is 0. The van der Waals surface area contributed by atoms with Crippen LogP contribution in [0, 0.1) is 0 Å². The second-order valence-corrected chi connectivity index (χ2v) is 3.97. The van der Waals surface area contributed by atoms with Crippen LogP contribution in [0.25, 0.3) is 0 Å². The third-order valence-electron chi connectivity index (χ3n) is 0.877. The van der Waals surface area contributed by atoms with Crippen LogP contribution < -0.4 is 5.57 Å². The van der Waals surface area contributed by atoms with Crippen molar-refractivity contribution in [1.29, 1.82) is 0 Å². The van der Waals surface area contributed by atoms with Crippen LogP contribution in [-0.4, -0.2) is 21.5 Å². The summed E-state index contributed by atoms with van der Waals surface area (Å²) in [7, 11) is -3.14. The van der Waals surface area contributed by atoms with Crippen LogP contribution in [0.3, 0.4) is 0 Å². The van der Waals surface area contributed by atoms with Crippen molar-refractivity contribution < 1.29 is 9.46 Å². The van der Waals surface area contributed by atoms with Crippen LogP contribution in [0.1, 0.15) is 0 Å². The Kier molecular flexibility index (Phi) is 1.43. The standard InChI is InChI=1S/C4H7N2O2P/c1-9(7,8)4-5-2-3-6-4/h2-3H,1H3,(H,5,6)(H,7,8). The smallest absolute Gasteiger partial charge is 0.260 e. The average molecular weight is 146 g/mol. The second-order valence-electron chi connectivity index (χ2n) is 1.79. The molecule has 0 fully saturated rings. The first-order chi connectivity index (χ1) is 4.11. The first-order valence-corrected chi connectivity index (χ1v) is 4.51. The minimum Gasteiger partial charge on any atom is -0.340 e. The molecule has 1 heterocycles. The number of nitrogens with zero attached hydrogens (tertiary/aromatic N) is 1. The summed E-state index contributed by atoms with van der Waals surface area (Å²) in [5.74, 6) is 0. The molecule has 0 bridgehead atoms. The normalized spacial score (nSPS) is 17.1. The van der Waals surface area contributed by atoms with Crippen LogP contribution in [0.4, 0.5) is 0 Å². The van der Waals surface area contributed by atoms with Crippen molar-refractivity contribution in [1.82, 2.24) is 9.97 Å². The fourth-order valence-corrected chi connectivity index (χ4v) is 1.08. The maximum atomic E-state index is 10.7. The molecule has 1 aromatic heterocycles. The summed E-state index contributed by atoms with van der Waals surface area (Å²) in [4.78, 5) is 15.0. The van der Waals surface area contributed by atoms with E-state index in [0.717, 1.165) is 0 Å². The Morgan fingerprint density at radius 3 is 2.78 bits per heavy atom. The zero-order valence-corrected chi connectivity index (χ0v) is 5.80. The van der Waals surface area contributed by atoms with E-state index in [9.17, 15) is 4.57 Å². The lowest BCUT2D eigenvalue weighted by atomic mass is 11.0. The molecule has 0 aliphatic carbocycles. The number of rotatable bonds is 1. The maximum Gasteiger partial charge on any atom is 0.260 e. The van der Waals surface area contributed by atoms with Crippen molar-refractivity contribution >= 4 is 12.9 Å². The summed E-state index contributed by atoms with van der Waals surface area (Å²) in [5.41, 5.74) is 0.155. The van der Waals surface area contributed by atoms with E-state index in [-0.39, 0.29) is 5.57 Å². The van der Waals surface area contributed by atoms with Crippen molar-refractivity contribution in [3.05, 3.63) is 12.4 Å². The molecule has 1 atom stereocenters. The van der Waals surface area contributed by atoms with Gasteiger partial charge in [-0.25, -0.2) is 4.98 Å². The van der Waals surface area contributed by atoms with Gasteiger partial charge in [0, 0.05) is 19.1 Å². The molecule has 0 aliphatic heterocycles. The Balaban J connectivity index is 3.04. The number of nitrogens with one attached hydrogen (secondary N) is 1. The quantitative estimate of drug-likeness (QED) is 0.545. The number of hydrogen-bond acceptors (Lipinski definition) is 2. The van der Waals surface area contributed by atoms with Gasteiger partial charge in [0.25, 0.3) is 7.37 Å². The molecule has 0 saturated carbocycles. The number of aromatic nitrogens is 2. The van der Waals surface area contributed by atoms with E-state index >= 15 is 0 Å². The molecule has 2 N–H and O–H groups in total. The Morgan fingerprint density at radius 2 is 2.56 bits per heavy atom. The van der Waals surface area contributed by atoms with Crippen molar-refractivity contribution in [3.63, 3.8) is 0 Å². The Morgan fingerprint density at radius 1 is 1.89 bits per heavy atom. The van der Waals surface area contributed by atoms with Gasteiger partial charge in [-0.05, 0) is 0 Å². The first kappa shape index (κ1) is 6.52. The highest BCUT2D eigenvalue weighted by molar-refractivity contribution is 7.64. The van der Waals surface area contributed by atoms with Crippen molar-refractivity contribution in [2.24, 2.45) is 0 Å². The molecule has 0 aliphatic rings. The number of imidazole rings is 1. The van der Waals surface area contributed by atoms with Gasteiger partial charge in [-0.2, -0.15) is 0 Å². The zero-order valence-electron chi connectivity index (χ0n) is 4.90. The third-order valence-corrected chi connectivity index (χ3v) is 1.91. The van der Waals surface area contributed by atoms with E-state index in [0.29, 0.717) is 0 Å². The largest absolute Gasteiger partial charge is 0.340 e. The molecule has 0 saturated heterocycles. The van der Waals surface area contributed by atoms with Gasteiger partial charge < -0.3 is 9.88 Å². The lowest BCUT2D eigenvalue weighted by molar-refractivity contribution is 0.494. The topological polar surface area (TPSA) is 66.0 Å². The average Bonchev–Trinajstić information content (AvgIpc) is 2.08. The van der Waals surface area contributed by atoms with Crippen LogP contribution in [-0.2, 0) is 4.57 Å². The van der Waals surface area contributed by atoms with Crippen LogP contribution in [0.15, 0.2) is 12.4 Å². The van der Waals surface area contributed by atoms with E-state index in [1.807, 2.05) is 0 Å². The number of aromatic amines is 1. The summed E-state index contributed by atoms with van der Waals surface area (Å²) < 4.78 is 10.7. The fraction of sp³-hybridized carbons (Fsp3) is 0.250. The highest BCUT2D eigenvalue weighted by Crippen LogP contribution is 2.31. The molecule has 9 heavy (non-hydrogen) atoms. The van der Waals surface area contributed by atoms with Crippen molar-refractivity contribution in [3.8, 4) is 0 Å². The SMILES string of the molecule is CP(=O)(O)c1ncc[nH]1. The monoisotopic (exact) mass is 146 g/mol. The van der Waals surface area contributed by atoms with E-state index in [1.165, 1.54) is 19.1 Å². The second kappa shape index (κ2) is 1.97.